The molecule has 0 saturated carbocycles. The second-order valence-corrected chi connectivity index (χ2v) is 7.10. The predicted molar refractivity (Wildman–Crippen MR) is 87.5 cm³/mol. The van der Waals surface area contributed by atoms with E-state index in [1.807, 2.05) is 31.5 Å². The minimum Gasteiger partial charge on any atom is -0.365 e. The molecule has 1 amide bonds. The SMILES string of the molecule is Cc1cc(C)n(CCc2nnc(NC(=O)[C@@]3(C)CCCO3)s2)n1. The van der Waals surface area contributed by atoms with Crippen LogP contribution in [0.4, 0.5) is 5.13 Å². The zero-order valence-corrected chi connectivity index (χ0v) is 14.4. The number of nitrogens with zero attached hydrogens (tertiary/aromatic N) is 4. The van der Waals surface area contributed by atoms with Crippen LogP contribution in [0.1, 0.15) is 36.2 Å². The summed E-state index contributed by atoms with van der Waals surface area (Å²) in [5.74, 6) is -0.142. The molecule has 1 atom stereocenters. The highest BCUT2D eigenvalue weighted by Gasteiger charge is 2.38. The summed E-state index contributed by atoms with van der Waals surface area (Å²) in [6.45, 7) is 7.22. The van der Waals surface area contributed by atoms with Gasteiger partial charge in [0.05, 0.1) is 5.69 Å². The third kappa shape index (κ3) is 3.59. The summed E-state index contributed by atoms with van der Waals surface area (Å²) in [4.78, 5) is 12.3. The molecular formula is C15H21N5O2S. The number of ether oxygens (including phenoxy) is 1. The number of carbonyl (C=O) groups excluding carboxylic acids is 1. The molecule has 2 aromatic heterocycles. The molecule has 0 aromatic carbocycles. The van der Waals surface area contributed by atoms with Gasteiger partial charge in [-0.15, -0.1) is 10.2 Å². The molecule has 0 unspecified atom stereocenters. The molecule has 1 saturated heterocycles. The summed E-state index contributed by atoms with van der Waals surface area (Å²) >= 11 is 1.40. The normalized spacial score (nSPS) is 20.8. The zero-order chi connectivity index (χ0) is 16.4. The molecule has 7 nitrogen and oxygen atoms in total. The van der Waals surface area contributed by atoms with E-state index in [0.717, 1.165) is 42.2 Å². The summed E-state index contributed by atoms with van der Waals surface area (Å²) in [7, 11) is 0. The largest absolute Gasteiger partial charge is 0.365 e. The van der Waals surface area contributed by atoms with E-state index in [1.54, 1.807) is 0 Å². The van der Waals surface area contributed by atoms with Crippen molar-refractivity contribution >= 4 is 22.4 Å². The number of rotatable bonds is 5. The number of anilines is 1. The lowest BCUT2D eigenvalue weighted by Gasteiger charge is -2.20. The lowest BCUT2D eigenvalue weighted by atomic mass is 10.0. The molecule has 23 heavy (non-hydrogen) atoms. The van der Waals surface area contributed by atoms with Gasteiger partial charge in [0.1, 0.15) is 10.6 Å². The van der Waals surface area contributed by atoms with Crippen molar-refractivity contribution in [3.05, 3.63) is 22.5 Å². The lowest BCUT2D eigenvalue weighted by Crippen LogP contribution is -2.39. The van der Waals surface area contributed by atoms with Gasteiger partial charge in [-0.3, -0.25) is 14.8 Å². The number of nitrogens with one attached hydrogen (secondary N) is 1. The Balaban J connectivity index is 1.57. The van der Waals surface area contributed by atoms with E-state index < -0.39 is 5.60 Å². The minimum atomic E-state index is -0.741. The van der Waals surface area contributed by atoms with Crippen LogP contribution in [0, 0.1) is 13.8 Å². The first-order valence-corrected chi connectivity index (χ1v) is 8.57. The quantitative estimate of drug-likeness (QED) is 0.905. The fraction of sp³-hybridized carbons (Fsp3) is 0.600. The van der Waals surface area contributed by atoms with Crippen molar-refractivity contribution in [1.29, 1.82) is 0 Å². The Labute approximate surface area is 139 Å². The van der Waals surface area contributed by atoms with Crippen molar-refractivity contribution in [2.45, 2.75) is 52.2 Å². The van der Waals surface area contributed by atoms with E-state index in [0.29, 0.717) is 11.7 Å². The number of hydrogen-bond donors (Lipinski definition) is 1. The Kier molecular flexibility index (Phi) is 4.45. The number of carbonyl (C=O) groups is 1. The monoisotopic (exact) mass is 335 g/mol. The van der Waals surface area contributed by atoms with E-state index in [2.05, 4.69) is 20.6 Å². The van der Waals surface area contributed by atoms with Gasteiger partial charge in [0, 0.05) is 25.3 Å². The number of aryl methyl sites for hydroxylation is 4. The third-order valence-electron chi connectivity index (χ3n) is 4.03. The van der Waals surface area contributed by atoms with E-state index >= 15 is 0 Å². The molecule has 0 spiro atoms. The van der Waals surface area contributed by atoms with Crippen LogP contribution in [0.25, 0.3) is 0 Å². The molecule has 3 rings (SSSR count). The first kappa shape index (κ1) is 16.1. The lowest BCUT2D eigenvalue weighted by molar-refractivity contribution is -0.133. The van der Waals surface area contributed by atoms with E-state index in [1.165, 1.54) is 11.3 Å². The van der Waals surface area contributed by atoms with Gasteiger partial charge in [-0.2, -0.15) is 5.10 Å². The first-order valence-electron chi connectivity index (χ1n) is 7.75. The Morgan fingerprint density at radius 1 is 1.48 bits per heavy atom. The van der Waals surface area contributed by atoms with Crippen LogP contribution in [-0.2, 0) is 22.5 Å². The molecule has 0 aliphatic carbocycles. The maximum absolute atomic E-state index is 12.3. The van der Waals surface area contributed by atoms with Gasteiger partial charge in [0.25, 0.3) is 5.91 Å². The Morgan fingerprint density at radius 2 is 2.30 bits per heavy atom. The third-order valence-corrected chi connectivity index (χ3v) is 4.93. The number of aromatic nitrogens is 4. The maximum atomic E-state index is 12.3. The average molecular weight is 335 g/mol. The van der Waals surface area contributed by atoms with Crippen LogP contribution >= 0.6 is 11.3 Å². The molecule has 1 aliphatic heterocycles. The first-order chi connectivity index (χ1) is 11.0. The summed E-state index contributed by atoms with van der Waals surface area (Å²) < 4.78 is 7.50. The molecule has 3 heterocycles. The van der Waals surface area contributed by atoms with Crippen molar-refractivity contribution in [1.82, 2.24) is 20.0 Å². The Morgan fingerprint density at radius 3 is 2.96 bits per heavy atom. The predicted octanol–water partition coefficient (Wildman–Crippen LogP) is 2.10. The summed E-state index contributed by atoms with van der Waals surface area (Å²) in [6.07, 6.45) is 2.39. The molecule has 1 aliphatic rings. The maximum Gasteiger partial charge on any atom is 0.258 e. The average Bonchev–Trinajstić information content (AvgIpc) is 3.19. The topological polar surface area (TPSA) is 81.9 Å². The van der Waals surface area contributed by atoms with Crippen molar-refractivity contribution in [2.75, 3.05) is 11.9 Å². The second kappa shape index (κ2) is 6.37. The molecule has 8 heteroatoms. The van der Waals surface area contributed by atoms with E-state index in [-0.39, 0.29) is 5.91 Å². The van der Waals surface area contributed by atoms with Crippen LogP contribution in [-0.4, -0.2) is 38.1 Å². The van der Waals surface area contributed by atoms with Gasteiger partial charge in [-0.1, -0.05) is 11.3 Å². The van der Waals surface area contributed by atoms with Crippen LogP contribution in [0.5, 0.6) is 0 Å². The van der Waals surface area contributed by atoms with Crippen LogP contribution < -0.4 is 5.32 Å². The second-order valence-electron chi connectivity index (χ2n) is 6.04. The van der Waals surface area contributed by atoms with Gasteiger partial charge in [0.15, 0.2) is 0 Å². The standard InChI is InChI=1S/C15H21N5O2S/c1-10-9-11(2)20(19-10)7-5-12-17-18-14(23-12)16-13(21)15(3)6-4-8-22-15/h9H,4-8H2,1-3H3,(H,16,18,21)/t15-/m1/s1. The minimum absolute atomic E-state index is 0.142. The van der Waals surface area contributed by atoms with Gasteiger partial charge in [-0.05, 0) is 39.7 Å². The zero-order valence-electron chi connectivity index (χ0n) is 13.6. The molecule has 0 bridgehead atoms. The highest BCUT2D eigenvalue weighted by atomic mass is 32.1. The molecule has 1 fully saturated rings. The van der Waals surface area contributed by atoms with Crippen LogP contribution in [0.2, 0.25) is 0 Å². The van der Waals surface area contributed by atoms with E-state index in [9.17, 15) is 4.79 Å². The molecule has 2 aromatic rings. The fourth-order valence-corrected chi connectivity index (χ4v) is 3.42. The van der Waals surface area contributed by atoms with Gasteiger partial charge in [-0.25, -0.2) is 0 Å². The molecule has 1 N–H and O–H groups in total. The van der Waals surface area contributed by atoms with Gasteiger partial charge < -0.3 is 4.74 Å². The van der Waals surface area contributed by atoms with E-state index in [4.69, 9.17) is 4.74 Å². The van der Waals surface area contributed by atoms with Crippen molar-refractivity contribution in [2.24, 2.45) is 0 Å². The van der Waals surface area contributed by atoms with Gasteiger partial charge >= 0.3 is 0 Å². The van der Waals surface area contributed by atoms with Crippen molar-refractivity contribution in [3.63, 3.8) is 0 Å². The molecular weight excluding hydrogens is 314 g/mol. The van der Waals surface area contributed by atoms with Crippen LogP contribution in [0.3, 0.4) is 0 Å². The van der Waals surface area contributed by atoms with Gasteiger partial charge in [0.2, 0.25) is 5.13 Å². The molecule has 0 radical (unpaired) electrons. The summed E-state index contributed by atoms with van der Waals surface area (Å²) in [5, 5.41) is 16.8. The smallest absolute Gasteiger partial charge is 0.258 e. The van der Waals surface area contributed by atoms with Crippen molar-refractivity contribution < 1.29 is 9.53 Å². The summed E-state index contributed by atoms with van der Waals surface area (Å²) in [6, 6.07) is 2.05. The fourth-order valence-electron chi connectivity index (χ4n) is 2.70. The van der Waals surface area contributed by atoms with Crippen LogP contribution in [0.15, 0.2) is 6.07 Å². The molecule has 124 valence electrons. The van der Waals surface area contributed by atoms with Crippen molar-refractivity contribution in [3.8, 4) is 0 Å². The summed E-state index contributed by atoms with van der Waals surface area (Å²) in [5.41, 5.74) is 1.40. The number of hydrogen-bond acceptors (Lipinski definition) is 6. The number of amides is 1. The Hall–Kier alpha value is -1.80. The highest BCUT2D eigenvalue weighted by molar-refractivity contribution is 7.15. The highest BCUT2D eigenvalue weighted by Crippen LogP contribution is 2.27. The Bertz CT molecular complexity index is 703.